The number of aromatic nitrogens is 4. The van der Waals surface area contributed by atoms with Gasteiger partial charge < -0.3 is 9.84 Å². The van der Waals surface area contributed by atoms with Gasteiger partial charge in [0.15, 0.2) is 0 Å². The van der Waals surface area contributed by atoms with E-state index in [4.69, 9.17) is 0 Å². The Hall–Kier alpha value is -3.22. The van der Waals surface area contributed by atoms with Crippen LogP contribution in [0.3, 0.4) is 0 Å². The molecule has 2 aromatic heterocycles. The number of ether oxygens (including phenoxy) is 1. The molecule has 0 saturated carbocycles. The van der Waals surface area contributed by atoms with Gasteiger partial charge in [-0.25, -0.2) is 9.48 Å². The molecule has 0 atom stereocenters. The smallest absolute Gasteiger partial charge is 0.337 e. The van der Waals surface area contributed by atoms with E-state index in [1.807, 2.05) is 6.07 Å². The van der Waals surface area contributed by atoms with E-state index in [2.05, 4.69) is 20.0 Å². The van der Waals surface area contributed by atoms with Crippen LogP contribution >= 0.6 is 0 Å². The highest BCUT2D eigenvalue weighted by Crippen LogP contribution is 2.24. The molecule has 3 rings (SSSR count). The number of methoxy groups -OCH3 is 1. The van der Waals surface area contributed by atoms with Gasteiger partial charge >= 0.3 is 5.97 Å². The fourth-order valence-electron chi connectivity index (χ4n) is 1.98. The number of pyridine rings is 1. The van der Waals surface area contributed by atoms with Crippen molar-refractivity contribution < 1.29 is 14.6 Å². The van der Waals surface area contributed by atoms with Crippen molar-refractivity contribution in [1.82, 2.24) is 20.0 Å². The first kappa shape index (κ1) is 13.7. The zero-order chi connectivity index (χ0) is 15.5. The minimum atomic E-state index is -0.492. The predicted octanol–water partition coefficient (Wildman–Crippen LogP) is 1.82. The van der Waals surface area contributed by atoms with Crippen LogP contribution in [-0.4, -0.2) is 38.2 Å². The molecule has 3 aromatic rings. The molecule has 22 heavy (non-hydrogen) atoms. The van der Waals surface area contributed by atoms with E-state index in [1.54, 1.807) is 24.7 Å². The zero-order valence-corrected chi connectivity index (χ0v) is 11.7. The molecule has 0 radical (unpaired) electrons. The lowest BCUT2D eigenvalue weighted by molar-refractivity contribution is 0.0600. The maximum Gasteiger partial charge on any atom is 0.337 e. The molecular formula is C15H12N4O3. The molecular weight excluding hydrogens is 284 g/mol. The Balaban J connectivity index is 2.01. The van der Waals surface area contributed by atoms with Crippen LogP contribution in [0.4, 0.5) is 0 Å². The number of hydrogen-bond acceptors (Lipinski definition) is 6. The molecule has 0 spiro atoms. The number of esters is 1. The minimum absolute atomic E-state index is 0.0183. The third-order valence-electron chi connectivity index (χ3n) is 3.09. The van der Waals surface area contributed by atoms with Crippen molar-refractivity contribution in [2.24, 2.45) is 0 Å². The number of nitrogens with zero attached hydrogens (tertiary/aromatic N) is 4. The molecule has 0 aliphatic heterocycles. The highest BCUT2D eigenvalue weighted by Gasteiger charge is 2.13. The summed E-state index contributed by atoms with van der Waals surface area (Å²) in [5.74, 6) is -0.510. The number of rotatable bonds is 3. The van der Waals surface area contributed by atoms with E-state index < -0.39 is 5.97 Å². The molecule has 1 aromatic carbocycles. The summed E-state index contributed by atoms with van der Waals surface area (Å²) in [5, 5.41) is 18.0. The number of carbonyl (C=O) groups excluding carboxylic acids is 1. The Bertz CT molecular complexity index is 815. The number of carbonyl (C=O) groups is 1. The summed E-state index contributed by atoms with van der Waals surface area (Å²) in [6.07, 6.45) is 4.98. The molecule has 0 aliphatic carbocycles. The normalized spacial score (nSPS) is 10.4. The summed E-state index contributed by atoms with van der Waals surface area (Å²) in [6, 6.07) is 8.02. The Morgan fingerprint density at radius 3 is 2.91 bits per heavy atom. The third-order valence-corrected chi connectivity index (χ3v) is 3.09. The van der Waals surface area contributed by atoms with Gasteiger partial charge in [-0.2, -0.15) is 0 Å². The van der Waals surface area contributed by atoms with Gasteiger partial charge in [0.1, 0.15) is 17.1 Å². The number of phenols is 1. The van der Waals surface area contributed by atoms with Gasteiger partial charge in [-0.1, -0.05) is 5.21 Å². The van der Waals surface area contributed by atoms with Gasteiger partial charge in [0.2, 0.25) is 0 Å². The van der Waals surface area contributed by atoms with E-state index in [1.165, 1.54) is 30.0 Å². The van der Waals surface area contributed by atoms with E-state index in [0.717, 1.165) is 5.56 Å². The van der Waals surface area contributed by atoms with Crippen molar-refractivity contribution in [3.63, 3.8) is 0 Å². The predicted molar refractivity (Wildman–Crippen MR) is 77.6 cm³/mol. The van der Waals surface area contributed by atoms with Crippen LogP contribution in [0.25, 0.3) is 16.9 Å². The summed E-state index contributed by atoms with van der Waals surface area (Å²) in [7, 11) is 1.30. The van der Waals surface area contributed by atoms with Crippen LogP contribution in [0, 0.1) is 0 Å². The second-order valence-corrected chi connectivity index (χ2v) is 4.49. The van der Waals surface area contributed by atoms with E-state index in [9.17, 15) is 9.90 Å². The number of aromatic hydroxyl groups is 1. The SMILES string of the molecule is COC(=O)c1ccc(O)c(-n2cc(-c3cccnc3)nn2)c1. The third kappa shape index (κ3) is 2.51. The van der Waals surface area contributed by atoms with Crippen molar-refractivity contribution in [3.8, 4) is 22.7 Å². The number of hydrogen-bond donors (Lipinski definition) is 1. The quantitative estimate of drug-likeness (QED) is 0.741. The van der Waals surface area contributed by atoms with Crippen LogP contribution in [0.1, 0.15) is 10.4 Å². The molecule has 0 unspecified atom stereocenters. The lowest BCUT2D eigenvalue weighted by Gasteiger charge is -2.05. The van der Waals surface area contributed by atoms with Crippen LogP contribution < -0.4 is 0 Å². The molecule has 0 fully saturated rings. The molecule has 7 nitrogen and oxygen atoms in total. The van der Waals surface area contributed by atoms with Crippen molar-refractivity contribution in [3.05, 3.63) is 54.5 Å². The monoisotopic (exact) mass is 296 g/mol. The Labute approximate surface area is 125 Å². The van der Waals surface area contributed by atoms with E-state index in [0.29, 0.717) is 16.9 Å². The summed E-state index contributed by atoms with van der Waals surface area (Å²) in [6.45, 7) is 0. The molecule has 0 amide bonds. The largest absolute Gasteiger partial charge is 0.506 e. The molecule has 0 saturated heterocycles. The van der Waals surface area contributed by atoms with Crippen molar-refractivity contribution >= 4 is 5.97 Å². The topological polar surface area (TPSA) is 90.1 Å². The van der Waals surface area contributed by atoms with Gasteiger partial charge in [0.25, 0.3) is 0 Å². The van der Waals surface area contributed by atoms with Gasteiger partial charge in [-0.15, -0.1) is 5.10 Å². The first-order valence-corrected chi connectivity index (χ1v) is 6.43. The lowest BCUT2D eigenvalue weighted by Crippen LogP contribution is -2.03. The van der Waals surface area contributed by atoms with Crippen molar-refractivity contribution in [2.75, 3.05) is 7.11 Å². The highest BCUT2D eigenvalue weighted by atomic mass is 16.5. The van der Waals surface area contributed by atoms with Crippen LogP contribution in [0.15, 0.2) is 48.9 Å². The first-order valence-electron chi connectivity index (χ1n) is 6.43. The fraction of sp³-hybridized carbons (Fsp3) is 0.0667. The highest BCUT2D eigenvalue weighted by molar-refractivity contribution is 5.90. The summed E-state index contributed by atoms with van der Waals surface area (Å²) in [4.78, 5) is 15.6. The standard InChI is InChI=1S/C15H12N4O3/c1-22-15(21)10-4-5-14(20)13(7-10)19-9-12(17-18-19)11-3-2-6-16-8-11/h2-9,20H,1H3. The molecule has 7 heteroatoms. The van der Waals surface area contributed by atoms with Gasteiger partial charge in [-0.05, 0) is 30.3 Å². The zero-order valence-electron chi connectivity index (χ0n) is 11.7. The lowest BCUT2D eigenvalue weighted by atomic mass is 10.2. The van der Waals surface area contributed by atoms with E-state index >= 15 is 0 Å². The second kappa shape index (κ2) is 5.65. The first-order chi connectivity index (χ1) is 10.7. The molecule has 2 heterocycles. The Morgan fingerprint density at radius 2 is 2.18 bits per heavy atom. The summed E-state index contributed by atoms with van der Waals surface area (Å²) in [5.41, 5.74) is 2.06. The molecule has 1 N–H and O–H groups in total. The molecule has 110 valence electrons. The average Bonchev–Trinajstić information content (AvgIpc) is 3.05. The molecule has 0 aliphatic rings. The number of benzene rings is 1. The van der Waals surface area contributed by atoms with Crippen LogP contribution in [0.5, 0.6) is 5.75 Å². The summed E-state index contributed by atoms with van der Waals surface area (Å²) < 4.78 is 6.06. The van der Waals surface area contributed by atoms with Gasteiger partial charge in [-0.3, -0.25) is 4.98 Å². The van der Waals surface area contributed by atoms with Crippen LogP contribution in [-0.2, 0) is 4.74 Å². The number of phenolic OH excluding ortho intramolecular Hbond substituents is 1. The van der Waals surface area contributed by atoms with Crippen molar-refractivity contribution in [2.45, 2.75) is 0 Å². The molecule has 0 bridgehead atoms. The van der Waals surface area contributed by atoms with Gasteiger partial charge in [0.05, 0.1) is 18.9 Å². The van der Waals surface area contributed by atoms with Crippen LogP contribution in [0.2, 0.25) is 0 Å². The van der Waals surface area contributed by atoms with Gasteiger partial charge in [0, 0.05) is 18.0 Å². The van der Waals surface area contributed by atoms with Crippen molar-refractivity contribution in [1.29, 1.82) is 0 Å². The average molecular weight is 296 g/mol. The van der Waals surface area contributed by atoms with E-state index in [-0.39, 0.29) is 5.75 Å². The Kier molecular flexibility index (Phi) is 3.53. The maximum absolute atomic E-state index is 11.6. The second-order valence-electron chi connectivity index (χ2n) is 4.49. The maximum atomic E-state index is 11.6. The minimum Gasteiger partial charge on any atom is -0.506 e. The fourth-order valence-corrected chi connectivity index (χ4v) is 1.98. The summed E-state index contributed by atoms with van der Waals surface area (Å²) >= 11 is 0. The Morgan fingerprint density at radius 1 is 1.32 bits per heavy atom.